The van der Waals surface area contributed by atoms with E-state index in [-0.39, 0.29) is 17.0 Å². The van der Waals surface area contributed by atoms with Gasteiger partial charge in [0.2, 0.25) is 0 Å². The molecule has 0 bridgehead atoms. The molecule has 0 fully saturated rings. The van der Waals surface area contributed by atoms with Crippen LogP contribution in [0, 0.1) is 0 Å². The lowest BCUT2D eigenvalue weighted by Crippen LogP contribution is -2.27. The molecule has 7 heteroatoms. The Bertz CT molecular complexity index is 1040. The van der Waals surface area contributed by atoms with Gasteiger partial charge in [-0.05, 0) is 42.5 Å². The molecule has 3 aromatic rings. The van der Waals surface area contributed by atoms with Crippen molar-refractivity contribution in [1.82, 2.24) is 5.32 Å². The van der Waals surface area contributed by atoms with E-state index in [0.29, 0.717) is 22.0 Å². The number of rotatable bonds is 5. The Morgan fingerprint density at radius 2 is 1.85 bits per heavy atom. The Labute approximate surface area is 159 Å². The number of benzene rings is 2. The van der Waals surface area contributed by atoms with Crippen LogP contribution in [0.15, 0.2) is 70.8 Å². The number of amides is 1. The number of carbonyl (C=O) groups is 2. The zero-order valence-electron chi connectivity index (χ0n) is 14.0. The van der Waals surface area contributed by atoms with Crippen molar-refractivity contribution in [3.05, 3.63) is 82.7 Å². The molecule has 0 saturated carbocycles. The van der Waals surface area contributed by atoms with Gasteiger partial charge in [0.05, 0.1) is 5.02 Å². The Hall–Kier alpha value is -3.51. The second-order valence-corrected chi connectivity index (χ2v) is 6.03. The van der Waals surface area contributed by atoms with Crippen molar-refractivity contribution in [2.75, 3.05) is 5.73 Å². The SMILES string of the molecule is Nc1cccc(C(=O)NC(=Cc2ccc(-c3ccccc3Cl)o2)C(=O)O)c1. The van der Waals surface area contributed by atoms with Gasteiger partial charge in [-0.1, -0.05) is 29.8 Å². The van der Waals surface area contributed by atoms with Crippen LogP contribution in [0.2, 0.25) is 5.02 Å². The third kappa shape index (κ3) is 4.37. The molecule has 0 aliphatic heterocycles. The fourth-order valence-corrected chi connectivity index (χ4v) is 2.63. The fraction of sp³-hybridized carbons (Fsp3) is 0. The second-order valence-electron chi connectivity index (χ2n) is 5.62. The van der Waals surface area contributed by atoms with Crippen LogP contribution in [-0.4, -0.2) is 17.0 Å². The van der Waals surface area contributed by atoms with E-state index in [1.807, 2.05) is 6.07 Å². The Morgan fingerprint density at radius 3 is 2.56 bits per heavy atom. The number of halogens is 1. The van der Waals surface area contributed by atoms with Gasteiger partial charge in [0.15, 0.2) is 0 Å². The highest BCUT2D eigenvalue weighted by molar-refractivity contribution is 6.33. The third-order valence-electron chi connectivity index (χ3n) is 3.68. The summed E-state index contributed by atoms with van der Waals surface area (Å²) in [4.78, 5) is 23.8. The van der Waals surface area contributed by atoms with E-state index in [2.05, 4.69) is 5.32 Å². The van der Waals surface area contributed by atoms with Crippen molar-refractivity contribution in [2.24, 2.45) is 0 Å². The Balaban J connectivity index is 1.85. The van der Waals surface area contributed by atoms with Crippen LogP contribution in [0.5, 0.6) is 0 Å². The molecular formula is C20H15ClN2O4. The highest BCUT2D eigenvalue weighted by Crippen LogP contribution is 2.29. The maximum absolute atomic E-state index is 12.3. The molecule has 6 nitrogen and oxygen atoms in total. The molecule has 3 rings (SSSR count). The van der Waals surface area contributed by atoms with E-state index >= 15 is 0 Å². The molecule has 0 spiro atoms. The summed E-state index contributed by atoms with van der Waals surface area (Å²) in [7, 11) is 0. The van der Waals surface area contributed by atoms with Gasteiger partial charge in [0.25, 0.3) is 5.91 Å². The first-order chi connectivity index (χ1) is 12.9. The van der Waals surface area contributed by atoms with E-state index in [4.69, 9.17) is 21.8 Å². The molecule has 4 N–H and O–H groups in total. The summed E-state index contributed by atoms with van der Waals surface area (Å²) in [5.41, 5.74) is 6.64. The van der Waals surface area contributed by atoms with Gasteiger partial charge in [0.1, 0.15) is 17.2 Å². The summed E-state index contributed by atoms with van der Waals surface area (Å²) in [6.45, 7) is 0. The van der Waals surface area contributed by atoms with Gasteiger partial charge in [-0.15, -0.1) is 0 Å². The zero-order chi connectivity index (χ0) is 19.4. The normalized spacial score (nSPS) is 11.2. The molecule has 0 aliphatic carbocycles. The Kier molecular flexibility index (Phi) is 5.28. The maximum atomic E-state index is 12.3. The van der Waals surface area contributed by atoms with Gasteiger partial charge in [0, 0.05) is 22.9 Å². The minimum absolute atomic E-state index is 0.248. The van der Waals surface area contributed by atoms with Gasteiger partial charge in [-0.3, -0.25) is 4.79 Å². The van der Waals surface area contributed by atoms with Crippen LogP contribution < -0.4 is 11.1 Å². The molecule has 0 unspecified atom stereocenters. The average Bonchev–Trinajstić information content (AvgIpc) is 3.09. The smallest absolute Gasteiger partial charge is 0.352 e. The van der Waals surface area contributed by atoms with Crippen LogP contribution in [0.1, 0.15) is 16.1 Å². The van der Waals surface area contributed by atoms with Crippen LogP contribution in [0.25, 0.3) is 17.4 Å². The van der Waals surface area contributed by atoms with Crippen molar-refractivity contribution < 1.29 is 19.1 Å². The predicted molar refractivity (Wildman–Crippen MR) is 103 cm³/mol. The van der Waals surface area contributed by atoms with Gasteiger partial charge < -0.3 is 20.6 Å². The molecule has 1 heterocycles. The third-order valence-corrected chi connectivity index (χ3v) is 4.01. The van der Waals surface area contributed by atoms with Gasteiger partial charge in [-0.25, -0.2) is 4.79 Å². The molecule has 2 aromatic carbocycles. The number of hydrogen-bond donors (Lipinski definition) is 3. The predicted octanol–water partition coefficient (Wildman–Crippen LogP) is 4.04. The van der Waals surface area contributed by atoms with E-state index in [9.17, 15) is 14.7 Å². The number of furan rings is 1. The summed E-state index contributed by atoms with van der Waals surface area (Å²) in [5.74, 6) is -1.15. The summed E-state index contributed by atoms with van der Waals surface area (Å²) in [6.07, 6.45) is 1.23. The number of aliphatic carboxylic acids is 1. The van der Waals surface area contributed by atoms with Crippen LogP contribution in [-0.2, 0) is 4.79 Å². The van der Waals surface area contributed by atoms with Crippen LogP contribution in [0.4, 0.5) is 5.69 Å². The molecule has 1 aromatic heterocycles. The van der Waals surface area contributed by atoms with Gasteiger partial charge in [-0.2, -0.15) is 0 Å². The second kappa shape index (κ2) is 7.80. The summed E-state index contributed by atoms with van der Waals surface area (Å²) < 4.78 is 5.64. The van der Waals surface area contributed by atoms with Crippen LogP contribution >= 0.6 is 11.6 Å². The molecule has 136 valence electrons. The molecule has 27 heavy (non-hydrogen) atoms. The standard InChI is InChI=1S/C20H15ClN2O4/c21-16-7-2-1-6-15(16)18-9-8-14(27-18)11-17(20(25)26)23-19(24)12-4-3-5-13(22)10-12/h1-11H,22H2,(H,23,24)(H,25,26). The molecule has 1 amide bonds. The minimum Gasteiger partial charge on any atom is -0.477 e. The van der Waals surface area contributed by atoms with E-state index in [1.54, 1.807) is 42.5 Å². The Morgan fingerprint density at radius 1 is 1.07 bits per heavy atom. The average molecular weight is 383 g/mol. The van der Waals surface area contributed by atoms with Gasteiger partial charge >= 0.3 is 5.97 Å². The van der Waals surface area contributed by atoms with Crippen molar-refractivity contribution in [3.8, 4) is 11.3 Å². The zero-order valence-corrected chi connectivity index (χ0v) is 14.7. The summed E-state index contributed by atoms with van der Waals surface area (Å²) in [5, 5.41) is 12.2. The number of carboxylic acids is 1. The number of carbonyl (C=O) groups excluding carboxylic acids is 1. The largest absolute Gasteiger partial charge is 0.477 e. The lowest BCUT2D eigenvalue weighted by atomic mass is 10.2. The van der Waals surface area contributed by atoms with Crippen LogP contribution in [0.3, 0.4) is 0 Å². The summed E-state index contributed by atoms with van der Waals surface area (Å²) >= 11 is 6.14. The number of carboxylic acid groups (broad SMARTS) is 1. The minimum atomic E-state index is -1.30. The summed E-state index contributed by atoms with van der Waals surface area (Å²) in [6, 6.07) is 16.6. The van der Waals surface area contributed by atoms with E-state index in [0.717, 1.165) is 0 Å². The first-order valence-corrected chi connectivity index (χ1v) is 8.28. The van der Waals surface area contributed by atoms with Crippen molar-refractivity contribution in [1.29, 1.82) is 0 Å². The fourth-order valence-electron chi connectivity index (χ4n) is 2.40. The van der Waals surface area contributed by atoms with E-state index in [1.165, 1.54) is 18.2 Å². The van der Waals surface area contributed by atoms with Crippen molar-refractivity contribution in [3.63, 3.8) is 0 Å². The number of nitrogen functional groups attached to an aromatic ring is 1. The molecule has 0 radical (unpaired) electrons. The first-order valence-electron chi connectivity index (χ1n) is 7.90. The number of nitrogens with one attached hydrogen (secondary N) is 1. The lowest BCUT2D eigenvalue weighted by Gasteiger charge is -2.06. The van der Waals surface area contributed by atoms with E-state index < -0.39 is 11.9 Å². The first kappa shape index (κ1) is 18.3. The number of nitrogens with two attached hydrogens (primary N) is 1. The molecule has 0 saturated heterocycles. The highest BCUT2D eigenvalue weighted by Gasteiger charge is 2.15. The number of anilines is 1. The topological polar surface area (TPSA) is 106 Å². The van der Waals surface area contributed by atoms with Crippen molar-refractivity contribution in [2.45, 2.75) is 0 Å². The molecule has 0 atom stereocenters. The monoisotopic (exact) mass is 382 g/mol. The maximum Gasteiger partial charge on any atom is 0.352 e. The van der Waals surface area contributed by atoms with Crippen molar-refractivity contribution >= 4 is 35.2 Å². The lowest BCUT2D eigenvalue weighted by molar-refractivity contribution is -0.132. The molecular weight excluding hydrogens is 368 g/mol. The molecule has 0 aliphatic rings. The number of hydrogen-bond acceptors (Lipinski definition) is 4. The quantitative estimate of drug-likeness (QED) is 0.456. The highest BCUT2D eigenvalue weighted by atomic mass is 35.5.